The lowest BCUT2D eigenvalue weighted by Crippen LogP contribution is -2.55. The van der Waals surface area contributed by atoms with E-state index in [0.29, 0.717) is 6.42 Å². The first kappa shape index (κ1) is 12.0. The standard InChI is InChI=1S/C12H18F2O2/c13-11(14)8-16-10-7-9(15)12(10)5-3-1-2-4-6-12/h10-11H,1-8H2. The number of carbonyl (C=O) groups excluding carboxylic acids is 1. The summed E-state index contributed by atoms with van der Waals surface area (Å²) in [5, 5.41) is 0. The predicted molar refractivity (Wildman–Crippen MR) is 55.5 cm³/mol. The molecule has 1 atom stereocenters. The van der Waals surface area contributed by atoms with Crippen molar-refractivity contribution in [3.05, 3.63) is 0 Å². The number of ether oxygens (including phenoxy) is 1. The van der Waals surface area contributed by atoms with Crippen LogP contribution in [-0.4, -0.2) is 24.9 Å². The third-order valence-electron chi connectivity index (χ3n) is 3.96. The molecule has 92 valence electrons. The molecule has 0 heterocycles. The van der Waals surface area contributed by atoms with Crippen LogP contribution < -0.4 is 0 Å². The van der Waals surface area contributed by atoms with E-state index in [1.807, 2.05) is 0 Å². The fourth-order valence-corrected chi connectivity index (χ4v) is 2.98. The van der Waals surface area contributed by atoms with Crippen molar-refractivity contribution in [2.75, 3.05) is 6.61 Å². The molecule has 0 aliphatic heterocycles. The molecule has 2 saturated carbocycles. The van der Waals surface area contributed by atoms with Gasteiger partial charge >= 0.3 is 0 Å². The van der Waals surface area contributed by atoms with E-state index in [1.54, 1.807) is 0 Å². The number of ketones is 1. The molecule has 0 aromatic heterocycles. The third-order valence-corrected chi connectivity index (χ3v) is 3.96. The van der Waals surface area contributed by atoms with Gasteiger partial charge in [0.05, 0.1) is 11.5 Å². The second-order valence-electron chi connectivity index (χ2n) is 4.91. The van der Waals surface area contributed by atoms with Crippen molar-refractivity contribution < 1.29 is 18.3 Å². The van der Waals surface area contributed by atoms with Crippen molar-refractivity contribution in [2.45, 2.75) is 57.5 Å². The fourth-order valence-electron chi connectivity index (χ4n) is 2.98. The minimum absolute atomic E-state index is 0.230. The molecular formula is C12H18F2O2. The SMILES string of the molecule is O=C1CC(OCC(F)F)C12CCCCCC2. The van der Waals surface area contributed by atoms with Gasteiger partial charge in [-0.05, 0) is 12.8 Å². The monoisotopic (exact) mass is 232 g/mol. The minimum atomic E-state index is -2.43. The smallest absolute Gasteiger partial charge is 0.261 e. The zero-order valence-electron chi connectivity index (χ0n) is 9.38. The molecule has 0 amide bonds. The molecule has 1 unspecified atom stereocenters. The molecular weight excluding hydrogens is 214 g/mol. The predicted octanol–water partition coefficient (Wildman–Crippen LogP) is 2.95. The average molecular weight is 232 g/mol. The first-order valence-electron chi connectivity index (χ1n) is 6.08. The van der Waals surface area contributed by atoms with Gasteiger partial charge in [0.25, 0.3) is 6.43 Å². The van der Waals surface area contributed by atoms with Crippen molar-refractivity contribution in [3.63, 3.8) is 0 Å². The van der Waals surface area contributed by atoms with Crippen LogP contribution >= 0.6 is 0 Å². The van der Waals surface area contributed by atoms with Gasteiger partial charge in [0.1, 0.15) is 12.4 Å². The highest BCUT2D eigenvalue weighted by atomic mass is 19.3. The highest BCUT2D eigenvalue weighted by molar-refractivity contribution is 5.92. The van der Waals surface area contributed by atoms with Crippen molar-refractivity contribution >= 4 is 5.78 Å². The van der Waals surface area contributed by atoms with Crippen LogP contribution in [0.2, 0.25) is 0 Å². The van der Waals surface area contributed by atoms with Crippen molar-refractivity contribution in [3.8, 4) is 0 Å². The lowest BCUT2D eigenvalue weighted by Gasteiger charge is -2.47. The lowest BCUT2D eigenvalue weighted by molar-refractivity contribution is -0.171. The normalized spacial score (nSPS) is 29.2. The molecule has 0 aromatic rings. The summed E-state index contributed by atoms with van der Waals surface area (Å²) in [5.41, 5.74) is -0.397. The van der Waals surface area contributed by atoms with Gasteiger partial charge in [-0.15, -0.1) is 0 Å². The Labute approximate surface area is 94.3 Å². The molecule has 0 radical (unpaired) electrons. The quantitative estimate of drug-likeness (QED) is 0.747. The Morgan fingerprint density at radius 3 is 2.38 bits per heavy atom. The van der Waals surface area contributed by atoms with Crippen molar-refractivity contribution in [2.24, 2.45) is 5.41 Å². The van der Waals surface area contributed by atoms with Gasteiger partial charge in [-0.2, -0.15) is 0 Å². The van der Waals surface area contributed by atoms with Gasteiger partial charge in [0.2, 0.25) is 0 Å². The molecule has 2 rings (SSSR count). The van der Waals surface area contributed by atoms with Crippen LogP contribution in [0.25, 0.3) is 0 Å². The molecule has 2 aliphatic rings. The molecule has 1 spiro atoms. The number of hydrogen-bond acceptors (Lipinski definition) is 2. The van der Waals surface area contributed by atoms with Crippen LogP contribution in [0.4, 0.5) is 8.78 Å². The molecule has 2 nitrogen and oxygen atoms in total. The van der Waals surface area contributed by atoms with E-state index in [-0.39, 0.29) is 11.9 Å². The Balaban J connectivity index is 1.96. The van der Waals surface area contributed by atoms with Gasteiger partial charge < -0.3 is 4.74 Å². The average Bonchev–Trinajstić information content (AvgIpc) is 2.51. The van der Waals surface area contributed by atoms with E-state index in [2.05, 4.69) is 0 Å². The molecule has 0 aromatic carbocycles. The fraction of sp³-hybridized carbons (Fsp3) is 0.917. The van der Waals surface area contributed by atoms with Gasteiger partial charge in [0, 0.05) is 6.42 Å². The van der Waals surface area contributed by atoms with Crippen LogP contribution in [0.1, 0.15) is 44.9 Å². The summed E-state index contributed by atoms with van der Waals surface area (Å²) in [6, 6.07) is 0. The summed E-state index contributed by atoms with van der Waals surface area (Å²) in [4.78, 5) is 11.7. The second kappa shape index (κ2) is 4.78. The Hall–Kier alpha value is -0.510. The van der Waals surface area contributed by atoms with E-state index >= 15 is 0 Å². The van der Waals surface area contributed by atoms with E-state index in [4.69, 9.17) is 4.74 Å². The maximum Gasteiger partial charge on any atom is 0.261 e. The van der Waals surface area contributed by atoms with Gasteiger partial charge in [-0.3, -0.25) is 4.79 Å². The number of hydrogen-bond donors (Lipinski definition) is 0. The van der Waals surface area contributed by atoms with Crippen LogP contribution in [0.15, 0.2) is 0 Å². The number of Topliss-reactive ketones (excluding diaryl/α,β-unsaturated/α-hetero) is 1. The molecule has 2 fully saturated rings. The molecule has 0 saturated heterocycles. The first-order valence-corrected chi connectivity index (χ1v) is 6.08. The lowest BCUT2D eigenvalue weighted by atomic mass is 9.60. The van der Waals surface area contributed by atoms with E-state index < -0.39 is 18.4 Å². The largest absolute Gasteiger partial charge is 0.371 e. The Bertz CT molecular complexity index is 258. The molecule has 16 heavy (non-hydrogen) atoms. The van der Waals surface area contributed by atoms with Gasteiger partial charge in [0.15, 0.2) is 0 Å². The highest BCUT2D eigenvalue weighted by Crippen LogP contribution is 2.49. The van der Waals surface area contributed by atoms with Crippen molar-refractivity contribution in [1.29, 1.82) is 0 Å². The highest BCUT2D eigenvalue weighted by Gasteiger charge is 2.54. The Morgan fingerprint density at radius 1 is 1.25 bits per heavy atom. The number of alkyl halides is 2. The summed E-state index contributed by atoms with van der Waals surface area (Å²) in [6.07, 6.45) is 3.69. The minimum Gasteiger partial charge on any atom is -0.371 e. The Kier molecular flexibility index (Phi) is 3.57. The summed E-state index contributed by atoms with van der Waals surface area (Å²) in [7, 11) is 0. The van der Waals surface area contributed by atoms with E-state index in [0.717, 1.165) is 38.5 Å². The number of carbonyl (C=O) groups is 1. The Morgan fingerprint density at radius 2 is 1.88 bits per heavy atom. The number of rotatable bonds is 3. The first-order chi connectivity index (χ1) is 7.65. The van der Waals surface area contributed by atoms with E-state index in [1.165, 1.54) is 0 Å². The zero-order valence-corrected chi connectivity index (χ0v) is 9.38. The summed E-state index contributed by atoms with van der Waals surface area (Å²) in [5.74, 6) is 0.230. The van der Waals surface area contributed by atoms with Crippen LogP contribution in [-0.2, 0) is 9.53 Å². The van der Waals surface area contributed by atoms with Crippen molar-refractivity contribution in [1.82, 2.24) is 0 Å². The maximum atomic E-state index is 12.1. The third kappa shape index (κ3) is 2.12. The van der Waals surface area contributed by atoms with Crippen LogP contribution in [0.3, 0.4) is 0 Å². The van der Waals surface area contributed by atoms with E-state index in [9.17, 15) is 13.6 Å². The number of halogens is 2. The van der Waals surface area contributed by atoms with Gasteiger partial charge in [-0.1, -0.05) is 25.7 Å². The summed E-state index contributed by atoms with van der Waals surface area (Å²) >= 11 is 0. The molecule has 4 heteroatoms. The topological polar surface area (TPSA) is 26.3 Å². The summed E-state index contributed by atoms with van der Waals surface area (Å²) in [6.45, 7) is -0.528. The summed E-state index contributed by atoms with van der Waals surface area (Å²) < 4.78 is 29.3. The second-order valence-corrected chi connectivity index (χ2v) is 4.91. The molecule has 2 aliphatic carbocycles. The maximum absolute atomic E-state index is 12.1. The zero-order chi connectivity index (χ0) is 11.6. The molecule has 0 N–H and O–H groups in total. The van der Waals surface area contributed by atoms with Crippen LogP contribution in [0, 0.1) is 5.41 Å². The van der Waals surface area contributed by atoms with Gasteiger partial charge in [-0.25, -0.2) is 8.78 Å². The van der Waals surface area contributed by atoms with Crippen LogP contribution in [0.5, 0.6) is 0 Å². The molecule has 0 bridgehead atoms.